The molecule has 1 saturated carbocycles. The molecule has 1 aliphatic carbocycles. The van der Waals surface area contributed by atoms with Crippen LogP contribution >= 0.6 is 0 Å². The van der Waals surface area contributed by atoms with Gasteiger partial charge in [0.05, 0.1) is 24.6 Å². The fourth-order valence-corrected chi connectivity index (χ4v) is 3.69. The van der Waals surface area contributed by atoms with Crippen molar-refractivity contribution in [1.82, 2.24) is 5.32 Å². The van der Waals surface area contributed by atoms with Crippen LogP contribution in [0.5, 0.6) is 0 Å². The molecule has 1 aromatic rings. The molecule has 5 nitrogen and oxygen atoms in total. The molecule has 0 spiro atoms. The summed E-state index contributed by atoms with van der Waals surface area (Å²) in [5.74, 6) is 0.791. The lowest BCUT2D eigenvalue weighted by molar-refractivity contribution is 0.123. The Kier molecular flexibility index (Phi) is 6.35. The van der Waals surface area contributed by atoms with Crippen LogP contribution in [0.3, 0.4) is 0 Å². The minimum absolute atomic E-state index is 0.105. The van der Waals surface area contributed by atoms with Crippen molar-refractivity contribution in [1.29, 1.82) is 0 Å². The number of morpholine rings is 1. The van der Waals surface area contributed by atoms with Gasteiger partial charge in [-0.15, -0.1) is 0 Å². The molecule has 2 aliphatic rings. The first kappa shape index (κ1) is 17.1. The van der Waals surface area contributed by atoms with Gasteiger partial charge >= 0.3 is 6.03 Å². The quantitative estimate of drug-likeness (QED) is 0.866. The van der Waals surface area contributed by atoms with E-state index in [1.54, 1.807) is 0 Å². The van der Waals surface area contributed by atoms with E-state index in [2.05, 4.69) is 21.6 Å². The van der Waals surface area contributed by atoms with Crippen LogP contribution in [-0.4, -0.2) is 38.9 Å². The molecule has 3 rings (SSSR count). The van der Waals surface area contributed by atoms with E-state index in [1.165, 1.54) is 32.1 Å². The smallest absolute Gasteiger partial charge is 0.319 e. The molecule has 2 amide bonds. The Hall–Kier alpha value is -1.75. The predicted octanol–water partition coefficient (Wildman–Crippen LogP) is 3.62. The number of amides is 2. The second kappa shape index (κ2) is 8.92. The van der Waals surface area contributed by atoms with Gasteiger partial charge in [0.25, 0.3) is 0 Å². The van der Waals surface area contributed by atoms with E-state index in [0.717, 1.165) is 56.6 Å². The van der Waals surface area contributed by atoms with E-state index in [0.29, 0.717) is 0 Å². The third-order valence-corrected chi connectivity index (χ3v) is 5.07. The highest BCUT2D eigenvalue weighted by Gasteiger charge is 2.16. The second-order valence-corrected chi connectivity index (χ2v) is 6.79. The second-order valence-electron chi connectivity index (χ2n) is 6.79. The Labute approximate surface area is 144 Å². The largest absolute Gasteiger partial charge is 0.378 e. The van der Waals surface area contributed by atoms with E-state index in [1.807, 2.05) is 18.2 Å². The fraction of sp³-hybridized carbons (Fsp3) is 0.632. The summed E-state index contributed by atoms with van der Waals surface area (Å²) in [4.78, 5) is 14.5. The van der Waals surface area contributed by atoms with Crippen molar-refractivity contribution in [3.63, 3.8) is 0 Å². The van der Waals surface area contributed by atoms with E-state index in [9.17, 15) is 4.79 Å². The van der Waals surface area contributed by atoms with Crippen LogP contribution in [-0.2, 0) is 4.74 Å². The van der Waals surface area contributed by atoms with Crippen molar-refractivity contribution < 1.29 is 9.53 Å². The SMILES string of the molecule is O=C(NCCC1CCCCC1)Nc1ccccc1N1CCOCC1. The highest BCUT2D eigenvalue weighted by atomic mass is 16.5. The molecule has 0 radical (unpaired) electrons. The van der Waals surface area contributed by atoms with Crippen molar-refractivity contribution in [2.75, 3.05) is 43.1 Å². The topological polar surface area (TPSA) is 53.6 Å². The maximum atomic E-state index is 12.2. The lowest BCUT2D eigenvalue weighted by Crippen LogP contribution is -2.37. The molecular formula is C19H29N3O2. The van der Waals surface area contributed by atoms with Gasteiger partial charge in [-0.3, -0.25) is 0 Å². The molecule has 1 heterocycles. The lowest BCUT2D eigenvalue weighted by atomic mass is 9.87. The molecule has 0 aromatic heterocycles. The van der Waals surface area contributed by atoms with Gasteiger partial charge in [0.2, 0.25) is 0 Å². The molecule has 1 aliphatic heterocycles. The Morgan fingerprint density at radius 1 is 1.12 bits per heavy atom. The number of hydrogen-bond acceptors (Lipinski definition) is 3. The van der Waals surface area contributed by atoms with Gasteiger partial charge in [-0.1, -0.05) is 44.2 Å². The number of urea groups is 1. The molecule has 1 aromatic carbocycles. The minimum Gasteiger partial charge on any atom is -0.378 e. The Balaban J connectivity index is 1.48. The van der Waals surface area contributed by atoms with Gasteiger partial charge in [-0.2, -0.15) is 0 Å². The third kappa shape index (κ3) is 4.87. The van der Waals surface area contributed by atoms with Crippen LogP contribution in [0.15, 0.2) is 24.3 Å². The van der Waals surface area contributed by atoms with Gasteiger partial charge in [0.15, 0.2) is 0 Å². The molecule has 0 atom stereocenters. The van der Waals surface area contributed by atoms with Crippen LogP contribution in [0.25, 0.3) is 0 Å². The van der Waals surface area contributed by atoms with E-state index < -0.39 is 0 Å². The molecule has 0 unspecified atom stereocenters. The molecular weight excluding hydrogens is 302 g/mol. The van der Waals surface area contributed by atoms with E-state index in [-0.39, 0.29) is 6.03 Å². The maximum absolute atomic E-state index is 12.2. The summed E-state index contributed by atoms with van der Waals surface area (Å²) in [5, 5.41) is 6.03. The van der Waals surface area contributed by atoms with Crippen LogP contribution in [0.2, 0.25) is 0 Å². The first-order valence-corrected chi connectivity index (χ1v) is 9.29. The number of nitrogens with zero attached hydrogens (tertiary/aromatic N) is 1. The van der Waals surface area contributed by atoms with Crippen molar-refractivity contribution in [2.24, 2.45) is 5.92 Å². The summed E-state index contributed by atoms with van der Waals surface area (Å²) < 4.78 is 5.41. The number of ether oxygens (including phenoxy) is 1. The number of rotatable bonds is 5. The number of benzene rings is 1. The molecule has 0 bridgehead atoms. The number of para-hydroxylation sites is 2. The van der Waals surface area contributed by atoms with E-state index in [4.69, 9.17) is 4.74 Å². The average Bonchev–Trinajstić information content (AvgIpc) is 2.64. The predicted molar refractivity (Wildman–Crippen MR) is 97.7 cm³/mol. The first-order valence-electron chi connectivity index (χ1n) is 9.29. The molecule has 132 valence electrons. The minimum atomic E-state index is -0.105. The molecule has 2 fully saturated rings. The summed E-state index contributed by atoms with van der Waals surface area (Å²) in [6.07, 6.45) is 7.82. The normalized spacial score (nSPS) is 19.1. The Morgan fingerprint density at radius 2 is 1.88 bits per heavy atom. The van der Waals surface area contributed by atoms with Gasteiger partial charge < -0.3 is 20.3 Å². The van der Waals surface area contributed by atoms with Crippen LogP contribution in [0.1, 0.15) is 38.5 Å². The zero-order valence-corrected chi connectivity index (χ0v) is 14.4. The number of anilines is 2. The highest BCUT2D eigenvalue weighted by Crippen LogP contribution is 2.27. The van der Waals surface area contributed by atoms with Gasteiger partial charge in [-0.25, -0.2) is 4.79 Å². The van der Waals surface area contributed by atoms with Crippen LogP contribution in [0.4, 0.5) is 16.2 Å². The molecule has 24 heavy (non-hydrogen) atoms. The molecule has 2 N–H and O–H groups in total. The zero-order valence-electron chi connectivity index (χ0n) is 14.4. The first-order chi connectivity index (χ1) is 11.8. The Bertz CT molecular complexity index is 523. The third-order valence-electron chi connectivity index (χ3n) is 5.07. The lowest BCUT2D eigenvalue weighted by Gasteiger charge is -2.30. The standard InChI is InChI=1S/C19H29N3O2/c23-19(20-11-10-16-6-2-1-3-7-16)21-17-8-4-5-9-18(17)22-12-14-24-15-13-22/h4-5,8-9,16H,1-3,6-7,10-15H2,(H2,20,21,23). The van der Waals surface area contributed by atoms with Crippen molar-refractivity contribution in [2.45, 2.75) is 38.5 Å². The van der Waals surface area contributed by atoms with Crippen LogP contribution in [0, 0.1) is 5.92 Å². The van der Waals surface area contributed by atoms with Crippen LogP contribution < -0.4 is 15.5 Å². The summed E-state index contributed by atoms with van der Waals surface area (Å²) in [5.41, 5.74) is 1.94. The van der Waals surface area contributed by atoms with Crippen molar-refractivity contribution >= 4 is 17.4 Å². The van der Waals surface area contributed by atoms with Gasteiger partial charge in [0, 0.05) is 19.6 Å². The van der Waals surface area contributed by atoms with E-state index >= 15 is 0 Å². The molecule has 5 heteroatoms. The van der Waals surface area contributed by atoms with Gasteiger partial charge in [-0.05, 0) is 24.5 Å². The molecule has 1 saturated heterocycles. The van der Waals surface area contributed by atoms with Crippen molar-refractivity contribution in [3.8, 4) is 0 Å². The number of nitrogens with one attached hydrogen (secondary N) is 2. The zero-order chi connectivity index (χ0) is 16.6. The fourth-order valence-electron chi connectivity index (χ4n) is 3.69. The average molecular weight is 331 g/mol. The number of carbonyl (C=O) groups excluding carboxylic acids is 1. The summed E-state index contributed by atoms with van der Waals surface area (Å²) in [6, 6.07) is 7.89. The number of hydrogen-bond donors (Lipinski definition) is 2. The van der Waals surface area contributed by atoms with Crippen molar-refractivity contribution in [3.05, 3.63) is 24.3 Å². The number of carbonyl (C=O) groups is 1. The monoisotopic (exact) mass is 331 g/mol. The summed E-state index contributed by atoms with van der Waals surface area (Å²) in [7, 11) is 0. The maximum Gasteiger partial charge on any atom is 0.319 e. The summed E-state index contributed by atoms with van der Waals surface area (Å²) >= 11 is 0. The van der Waals surface area contributed by atoms with Gasteiger partial charge in [0.1, 0.15) is 0 Å². The summed E-state index contributed by atoms with van der Waals surface area (Å²) in [6.45, 7) is 3.96. The Morgan fingerprint density at radius 3 is 2.67 bits per heavy atom. The highest BCUT2D eigenvalue weighted by molar-refractivity contribution is 5.93.